The largest absolute Gasteiger partial charge is 0.355 e. The number of hydrogen-bond donors (Lipinski definition) is 0. The van der Waals surface area contributed by atoms with Gasteiger partial charge in [-0.2, -0.15) is 5.26 Å². The number of aromatic nitrogens is 2. The number of hydrogen-bond acceptors (Lipinski definition) is 4. The zero-order valence-corrected chi connectivity index (χ0v) is 13.9. The molecule has 1 saturated heterocycles. The van der Waals surface area contributed by atoms with Gasteiger partial charge in [-0.3, -0.25) is 4.98 Å². The summed E-state index contributed by atoms with van der Waals surface area (Å²) in [6, 6.07) is 10.6. The van der Waals surface area contributed by atoms with Crippen LogP contribution in [0.3, 0.4) is 0 Å². The summed E-state index contributed by atoms with van der Waals surface area (Å²) < 4.78 is 0. The van der Waals surface area contributed by atoms with Gasteiger partial charge in [-0.05, 0) is 68.2 Å². The van der Waals surface area contributed by atoms with Gasteiger partial charge in [-0.15, -0.1) is 0 Å². The molecule has 1 atom stereocenters. The Hall–Kier alpha value is -2.41. The van der Waals surface area contributed by atoms with Gasteiger partial charge in [0.15, 0.2) is 0 Å². The molecule has 2 aliphatic rings. The highest BCUT2D eigenvalue weighted by molar-refractivity contribution is 5.57. The molecule has 0 spiro atoms. The summed E-state index contributed by atoms with van der Waals surface area (Å²) >= 11 is 0. The Kier molecular flexibility index (Phi) is 4.17. The molecule has 1 fully saturated rings. The van der Waals surface area contributed by atoms with E-state index < -0.39 is 0 Å². The average Bonchev–Trinajstić information content (AvgIpc) is 3.09. The van der Waals surface area contributed by atoms with Crippen LogP contribution >= 0.6 is 0 Å². The van der Waals surface area contributed by atoms with Crippen LogP contribution < -0.4 is 4.90 Å². The third kappa shape index (κ3) is 2.99. The van der Waals surface area contributed by atoms with Gasteiger partial charge in [0.2, 0.25) is 0 Å². The van der Waals surface area contributed by atoms with E-state index in [2.05, 4.69) is 28.1 Å². The third-order valence-electron chi connectivity index (χ3n) is 5.21. The van der Waals surface area contributed by atoms with Gasteiger partial charge >= 0.3 is 0 Å². The van der Waals surface area contributed by atoms with Gasteiger partial charge in [0, 0.05) is 30.7 Å². The number of fused-ring (bicyclic) bond motifs is 1. The molecule has 4 rings (SSSR count). The second-order valence-corrected chi connectivity index (χ2v) is 6.91. The summed E-state index contributed by atoms with van der Waals surface area (Å²) in [5, 5.41) is 9.55. The van der Waals surface area contributed by atoms with E-state index in [0.29, 0.717) is 5.92 Å². The predicted octanol–water partition coefficient (Wildman–Crippen LogP) is 3.30. The number of nitriles is 1. The second-order valence-electron chi connectivity index (χ2n) is 6.91. The summed E-state index contributed by atoms with van der Waals surface area (Å²) in [6.07, 6.45) is 8.56. The highest BCUT2D eigenvalue weighted by Gasteiger charge is 2.27. The second kappa shape index (κ2) is 6.60. The predicted molar refractivity (Wildman–Crippen MR) is 93.9 cm³/mol. The van der Waals surface area contributed by atoms with Gasteiger partial charge in [0.05, 0.1) is 5.56 Å². The highest BCUT2D eigenvalue weighted by atomic mass is 15.2. The molecule has 0 radical (unpaired) electrons. The van der Waals surface area contributed by atoms with Crippen molar-refractivity contribution in [2.24, 2.45) is 5.92 Å². The Labute approximate surface area is 143 Å². The third-order valence-corrected chi connectivity index (χ3v) is 5.21. The topological polar surface area (TPSA) is 52.8 Å². The van der Waals surface area contributed by atoms with E-state index in [1.54, 1.807) is 0 Å². The molecule has 0 amide bonds. The van der Waals surface area contributed by atoms with E-state index in [9.17, 15) is 5.26 Å². The van der Waals surface area contributed by atoms with Crippen LogP contribution in [-0.2, 0) is 19.3 Å². The fourth-order valence-electron chi connectivity index (χ4n) is 3.95. The molecule has 122 valence electrons. The molecule has 4 heteroatoms. The summed E-state index contributed by atoms with van der Waals surface area (Å²) in [5.74, 6) is 1.49. The molecule has 1 aliphatic heterocycles. The van der Waals surface area contributed by atoms with Crippen LogP contribution in [0.15, 0.2) is 30.5 Å². The summed E-state index contributed by atoms with van der Waals surface area (Å²) in [6.45, 7) is 1.95. The summed E-state index contributed by atoms with van der Waals surface area (Å²) in [5.41, 5.74) is 4.40. The maximum absolute atomic E-state index is 9.55. The van der Waals surface area contributed by atoms with Crippen LogP contribution in [-0.4, -0.2) is 23.1 Å². The van der Waals surface area contributed by atoms with Gasteiger partial charge in [0.25, 0.3) is 0 Å². The Bertz CT molecular complexity index is 763. The number of aryl methyl sites for hydroxylation is 2. The van der Waals surface area contributed by atoms with Crippen LogP contribution in [0.4, 0.5) is 5.82 Å². The Morgan fingerprint density at radius 2 is 2.17 bits per heavy atom. The van der Waals surface area contributed by atoms with Crippen LogP contribution in [0.1, 0.15) is 41.8 Å². The summed E-state index contributed by atoms with van der Waals surface area (Å²) in [7, 11) is 0. The number of rotatable bonds is 3. The molecule has 4 nitrogen and oxygen atoms in total. The SMILES string of the molecule is N#Cc1cc2c(nc1N1CCC(Cc3ccccn3)C1)CCCC2. The smallest absolute Gasteiger partial charge is 0.146 e. The fourth-order valence-corrected chi connectivity index (χ4v) is 3.95. The minimum absolute atomic E-state index is 0.587. The molecule has 0 bridgehead atoms. The molecule has 0 saturated carbocycles. The van der Waals surface area contributed by atoms with Crippen molar-refractivity contribution in [2.45, 2.75) is 38.5 Å². The van der Waals surface area contributed by atoms with Crippen molar-refractivity contribution in [1.29, 1.82) is 5.26 Å². The molecular weight excluding hydrogens is 296 g/mol. The molecular formula is C20H22N4. The average molecular weight is 318 g/mol. The summed E-state index contributed by atoms with van der Waals surface area (Å²) in [4.78, 5) is 11.6. The van der Waals surface area contributed by atoms with Gasteiger partial charge < -0.3 is 4.90 Å². The number of anilines is 1. The molecule has 2 aromatic heterocycles. The van der Waals surface area contributed by atoms with Crippen LogP contribution in [0, 0.1) is 17.2 Å². The monoisotopic (exact) mass is 318 g/mol. The van der Waals surface area contributed by atoms with Crippen molar-refractivity contribution in [3.8, 4) is 6.07 Å². The van der Waals surface area contributed by atoms with Crippen molar-refractivity contribution >= 4 is 5.82 Å². The van der Waals surface area contributed by atoms with E-state index in [1.807, 2.05) is 18.3 Å². The number of nitrogens with zero attached hydrogens (tertiary/aromatic N) is 4. The first-order chi connectivity index (χ1) is 11.8. The first kappa shape index (κ1) is 15.1. The normalized spacial score (nSPS) is 19.8. The quantitative estimate of drug-likeness (QED) is 0.871. The first-order valence-corrected chi connectivity index (χ1v) is 8.91. The van der Waals surface area contributed by atoms with Gasteiger partial charge in [0.1, 0.15) is 11.9 Å². The Balaban J connectivity index is 1.53. The van der Waals surface area contributed by atoms with E-state index >= 15 is 0 Å². The van der Waals surface area contributed by atoms with Crippen LogP contribution in [0.25, 0.3) is 0 Å². The van der Waals surface area contributed by atoms with E-state index in [4.69, 9.17) is 4.98 Å². The first-order valence-electron chi connectivity index (χ1n) is 8.91. The Morgan fingerprint density at radius 1 is 1.25 bits per heavy atom. The lowest BCUT2D eigenvalue weighted by Crippen LogP contribution is -2.24. The molecule has 24 heavy (non-hydrogen) atoms. The minimum Gasteiger partial charge on any atom is -0.355 e. The van der Waals surface area contributed by atoms with Crippen molar-refractivity contribution in [3.63, 3.8) is 0 Å². The molecule has 3 heterocycles. The molecule has 2 aromatic rings. The standard InChI is InChI=1S/C20H22N4/c21-13-17-12-16-5-1-2-7-19(16)23-20(17)24-10-8-15(14-24)11-18-6-3-4-9-22-18/h3-4,6,9,12,15H,1-2,5,7-8,10-11,14H2. The minimum atomic E-state index is 0.587. The van der Waals surface area contributed by atoms with E-state index in [1.165, 1.54) is 24.1 Å². The molecule has 0 N–H and O–H groups in total. The van der Waals surface area contributed by atoms with Crippen LogP contribution in [0.2, 0.25) is 0 Å². The van der Waals surface area contributed by atoms with Gasteiger partial charge in [-0.1, -0.05) is 6.07 Å². The molecule has 1 unspecified atom stereocenters. The maximum atomic E-state index is 9.55. The lowest BCUT2D eigenvalue weighted by Gasteiger charge is -2.23. The van der Waals surface area contributed by atoms with Gasteiger partial charge in [-0.25, -0.2) is 4.98 Å². The van der Waals surface area contributed by atoms with Crippen molar-refractivity contribution in [1.82, 2.24) is 9.97 Å². The molecule has 0 aromatic carbocycles. The lowest BCUT2D eigenvalue weighted by atomic mass is 9.95. The lowest BCUT2D eigenvalue weighted by molar-refractivity contribution is 0.577. The van der Waals surface area contributed by atoms with Crippen LogP contribution in [0.5, 0.6) is 0 Å². The highest BCUT2D eigenvalue weighted by Crippen LogP contribution is 2.30. The zero-order chi connectivity index (χ0) is 16.4. The van der Waals surface area contributed by atoms with Crippen molar-refractivity contribution < 1.29 is 0 Å². The number of pyridine rings is 2. The maximum Gasteiger partial charge on any atom is 0.146 e. The molecule has 1 aliphatic carbocycles. The van der Waals surface area contributed by atoms with Crippen molar-refractivity contribution in [2.75, 3.05) is 18.0 Å². The van der Waals surface area contributed by atoms with Crippen molar-refractivity contribution in [3.05, 3.63) is 53.0 Å². The zero-order valence-electron chi connectivity index (χ0n) is 13.9. The Morgan fingerprint density at radius 3 is 3.00 bits per heavy atom. The fraction of sp³-hybridized carbons (Fsp3) is 0.450. The van der Waals surface area contributed by atoms with E-state index in [-0.39, 0.29) is 0 Å². The van der Waals surface area contributed by atoms with E-state index in [0.717, 1.165) is 55.8 Å².